The molecule has 1 rings (SSSR count). The zero-order valence-corrected chi connectivity index (χ0v) is 4.88. The number of hydrogen-bond donors (Lipinski definition) is 0. The molecule has 1 aromatic rings. The summed E-state index contributed by atoms with van der Waals surface area (Å²) in [5.74, 6) is 0.727. The molecule has 0 N–H and O–H groups in total. The van der Waals surface area contributed by atoms with E-state index in [0.29, 0.717) is 0 Å². The molecule has 0 atom stereocenters. The van der Waals surface area contributed by atoms with E-state index >= 15 is 0 Å². The van der Waals surface area contributed by atoms with Crippen molar-refractivity contribution < 1.29 is 4.74 Å². The normalized spacial score (nSPS) is 9.25. The van der Waals surface area contributed by atoms with Crippen LogP contribution < -0.4 is 4.74 Å². The van der Waals surface area contributed by atoms with Crippen molar-refractivity contribution in [1.82, 2.24) is 9.78 Å². The van der Waals surface area contributed by atoms with E-state index in [4.69, 9.17) is 4.74 Å². The van der Waals surface area contributed by atoms with Gasteiger partial charge in [0.05, 0.1) is 7.11 Å². The van der Waals surface area contributed by atoms with E-state index in [-0.39, 0.29) is 0 Å². The smallest absolute Gasteiger partial charge is 0.211 e. The number of hydrogen-bond acceptors (Lipinski definition) is 2. The Morgan fingerprint density at radius 1 is 1.88 bits per heavy atom. The minimum Gasteiger partial charge on any atom is -0.481 e. The molecule has 0 bridgehead atoms. The second kappa shape index (κ2) is 1.86. The summed E-state index contributed by atoms with van der Waals surface area (Å²) in [6, 6.07) is 1.68. The van der Waals surface area contributed by atoms with Gasteiger partial charge in [-0.3, -0.25) is 0 Å². The van der Waals surface area contributed by atoms with Crippen LogP contribution in [-0.2, 0) is 7.05 Å². The van der Waals surface area contributed by atoms with Gasteiger partial charge in [-0.1, -0.05) is 0 Å². The first kappa shape index (κ1) is 5.15. The molecule has 0 aliphatic carbocycles. The zero-order chi connectivity index (χ0) is 5.98. The van der Waals surface area contributed by atoms with Crippen LogP contribution in [0.15, 0.2) is 6.07 Å². The number of nitrogens with zero attached hydrogens (tertiary/aromatic N) is 2. The molecule has 43 valence electrons. The maximum atomic E-state index is 4.85. The Morgan fingerprint density at radius 2 is 2.62 bits per heavy atom. The van der Waals surface area contributed by atoms with Crippen LogP contribution in [0.3, 0.4) is 0 Å². The lowest BCUT2D eigenvalue weighted by Gasteiger charge is -1.95. The van der Waals surface area contributed by atoms with Gasteiger partial charge in [0.2, 0.25) is 5.88 Å². The third kappa shape index (κ3) is 0.665. The summed E-state index contributed by atoms with van der Waals surface area (Å²) < 4.78 is 6.47. The highest BCUT2D eigenvalue weighted by Crippen LogP contribution is 2.03. The van der Waals surface area contributed by atoms with Gasteiger partial charge >= 0.3 is 0 Å². The second-order valence-electron chi connectivity index (χ2n) is 1.44. The standard InChI is InChI=1S/C5H7N2O/c1-7-5(8-2)3-4-6-7/h3H,1-2H3. The third-order valence-corrected chi connectivity index (χ3v) is 0.924. The summed E-state index contributed by atoms with van der Waals surface area (Å²) in [5.41, 5.74) is 0. The van der Waals surface area contributed by atoms with Gasteiger partial charge in [-0.05, 0) is 0 Å². The van der Waals surface area contributed by atoms with Crippen LogP contribution >= 0.6 is 0 Å². The van der Waals surface area contributed by atoms with Crippen molar-refractivity contribution in [3.05, 3.63) is 12.3 Å². The molecule has 0 aromatic carbocycles. The van der Waals surface area contributed by atoms with E-state index in [1.54, 1.807) is 24.9 Å². The highest BCUT2D eigenvalue weighted by molar-refractivity contribution is 5.04. The minimum atomic E-state index is 0.727. The fourth-order valence-electron chi connectivity index (χ4n) is 0.504. The molecule has 1 radical (unpaired) electrons. The fraction of sp³-hybridized carbons (Fsp3) is 0.400. The summed E-state index contributed by atoms with van der Waals surface area (Å²) >= 11 is 0. The van der Waals surface area contributed by atoms with Gasteiger partial charge in [0.25, 0.3) is 0 Å². The van der Waals surface area contributed by atoms with E-state index in [9.17, 15) is 0 Å². The molecule has 0 aliphatic rings. The highest BCUT2D eigenvalue weighted by atomic mass is 16.5. The molecule has 0 spiro atoms. The molecular formula is C5H7N2O. The molecule has 3 heteroatoms. The molecule has 0 amide bonds. The molecule has 1 aromatic heterocycles. The Bertz CT molecular complexity index is 171. The van der Waals surface area contributed by atoms with Crippen LogP contribution in [0.2, 0.25) is 0 Å². The van der Waals surface area contributed by atoms with Crippen LogP contribution in [0.1, 0.15) is 0 Å². The number of aromatic nitrogens is 2. The van der Waals surface area contributed by atoms with Crippen molar-refractivity contribution in [2.75, 3.05) is 7.11 Å². The van der Waals surface area contributed by atoms with Gasteiger partial charge in [-0.25, -0.2) is 4.68 Å². The van der Waals surface area contributed by atoms with Gasteiger partial charge in [0.15, 0.2) is 0 Å². The average molecular weight is 111 g/mol. The lowest BCUT2D eigenvalue weighted by molar-refractivity contribution is 0.373. The molecule has 8 heavy (non-hydrogen) atoms. The maximum Gasteiger partial charge on any atom is 0.211 e. The average Bonchev–Trinajstić information content (AvgIpc) is 2.14. The Balaban J connectivity index is 2.92. The van der Waals surface area contributed by atoms with Crippen LogP contribution in [0, 0.1) is 6.20 Å². The highest BCUT2D eigenvalue weighted by Gasteiger charge is 1.92. The number of rotatable bonds is 1. The predicted octanol–water partition coefficient (Wildman–Crippen LogP) is 0.229. The van der Waals surface area contributed by atoms with E-state index in [1.807, 2.05) is 0 Å². The molecule has 0 fully saturated rings. The van der Waals surface area contributed by atoms with Gasteiger partial charge in [-0.2, -0.15) is 5.10 Å². The first-order valence-corrected chi connectivity index (χ1v) is 2.28. The molecule has 3 nitrogen and oxygen atoms in total. The lowest BCUT2D eigenvalue weighted by atomic mass is 10.7. The van der Waals surface area contributed by atoms with Gasteiger partial charge in [0, 0.05) is 13.1 Å². The summed E-state index contributed by atoms with van der Waals surface area (Å²) in [6.07, 6.45) is 2.64. The Hall–Kier alpha value is -0.990. The van der Waals surface area contributed by atoms with Gasteiger partial charge in [0.1, 0.15) is 6.20 Å². The topological polar surface area (TPSA) is 27.1 Å². The molecular weight excluding hydrogens is 104 g/mol. The van der Waals surface area contributed by atoms with Crippen LogP contribution in [0.4, 0.5) is 0 Å². The predicted molar refractivity (Wildman–Crippen MR) is 28.6 cm³/mol. The van der Waals surface area contributed by atoms with Gasteiger partial charge < -0.3 is 4.74 Å². The van der Waals surface area contributed by atoms with Crippen molar-refractivity contribution in [2.24, 2.45) is 7.05 Å². The van der Waals surface area contributed by atoms with Gasteiger partial charge in [-0.15, -0.1) is 0 Å². The van der Waals surface area contributed by atoms with E-state index in [2.05, 4.69) is 11.3 Å². The minimum absolute atomic E-state index is 0.727. The summed E-state index contributed by atoms with van der Waals surface area (Å²) in [7, 11) is 3.40. The summed E-state index contributed by atoms with van der Waals surface area (Å²) in [5, 5.41) is 3.75. The Labute approximate surface area is 47.9 Å². The van der Waals surface area contributed by atoms with Crippen LogP contribution in [0.5, 0.6) is 5.88 Å². The van der Waals surface area contributed by atoms with Crippen LogP contribution in [-0.4, -0.2) is 16.9 Å². The number of methoxy groups -OCH3 is 1. The second-order valence-corrected chi connectivity index (χ2v) is 1.44. The van der Waals surface area contributed by atoms with Crippen LogP contribution in [0.25, 0.3) is 0 Å². The van der Waals surface area contributed by atoms with Crippen molar-refractivity contribution >= 4 is 0 Å². The Morgan fingerprint density at radius 3 is 2.88 bits per heavy atom. The lowest BCUT2D eigenvalue weighted by Crippen LogP contribution is -1.93. The van der Waals surface area contributed by atoms with E-state index in [0.717, 1.165) is 5.88 Å². The zero-order valence-electron chi connectivity index (χ0n) is 4.88. The first-order valence-electron chi connectivity index (χ1n) is 2.28. The van der Waals surface area contributed by atoms with E-state index in [1.165, 1.54) is 0 Å². The SMILES string of the molecule is COc1c[c]nn1C. The first-order chi connectivity index (χ1) is 3.84. The van der Waals surface area contributed by atoms with E-state index < -0.39 is 0 Å². The summed E-state index contributed by atoms with van der Waals surface area (Å²) in [4.78, 5) is 0. The molecule has 0 aliphatic heterocycles. The maximum absolute atomic E-state index is 4.85. The fourth-order valence-corrected chi connectivity index (χ4v) is 0.504. The molecule has 1 heterocycles. The molecule has 0 saturated carbocycles. The van der Waals surface area contributed by atoms with Crippen molar-refractivity contribution in [3.63, 3.8) is 0 Å². The number of ether oxygens (including phenoxy) is 1. The monoisotopic (exact) mass is 111 g/mol. The number of aryl methyl sites for hydroxylation is 1. The Kier molecular flexibility index (Phi) is 1.20. The quantitative estimate of drug-likeness (QED) is 0.518. The third-order valence-electron chi connectivity index (χ3n) is 0.924. The summed E-state index contributed by atoms with van der Waals surface area (Å²) in [6.45, 7) is 0. The van der Waals surface area contributed by atoms with Crippen molar-refractivity contribution in [1.29, 1.82) is 0 Å². The van der Waals surface area contributed by atoms with Crippen molar-refractivity contribution in [3.8, 4) is 5.88 Å². The van der Waals surface area contributed by atoms with Crippen molar-refractivity contribution in [2.45, 2.75) is 0 Å². The largest absolute Gasteiger partial charge is 0.481 e. The molecule has 0 saturated heterocycles. The molecule has 0 unspecified atom stereocenters.